The average molecular weight is 407 g/mol. The Morgan fingerprint density at radius 3 is 2.52 bits per heavy atom. The lowest BCUT2D eigenvalue weighted by molar-refractivity contribution is -0.142. The highest BCUT2D eigenvalue weighted by Crippen LogP contribution is 2.30. The predicted molar refractivity (Wildman–Crippen MR) is 97.1 cm³/mol. The molecule has 1 aliphatic heterocycles. The minimum Gasteiger partial charge on any atom is -0.335 e. The van der Waals surface area contributed by atoms with E-state index in [1.54, 1.807) is 15.8 Å². The smallest absolute Gasteiger partial charge is 0.335 e. The first-order valence-corrected chi connectivity index (χ1v) is 9.14. The Balaban J connectivity index is 1.48. The number of hydrogen-bond acceptors (Lipinski definition) is 5. The van der Waals surface area contributed by atoms with Gasteiger partial charge < -0.3 is 4.90 Å². The van der Waals surface area contributed by atoms with E-state index in [0.717, 1.165) is 18.2 Å². The van der Waals surface area contributed by atoms with Gasteiger partial charge in [0.1, 0.15) is 5.69 Å². The van der Waals surface area contributed by atoms with Gasteiger partial charge in [0.2, 0.25) is 0 Å². The van der Waals surface area contributed by atoms with Crippen LogP contribution in [0, 0.1) is 6.92 Å². The highest BCUT2D eigenvalue weighted by molar-refractivity contribution is 5.93. The predicted octanol–water partition coefficient (Wildman–Crippen LogP) is 1.75. The third-order valence-corrected chi connectivity index (χ3v) is 4.89. The third kappa shape index (κ3) is 3.95. The maximum atomic E-state index is 13.3. The monoisotopic (exact) mass is 407 g/mol. The van der Waals surface area contributed by atoms with Crippen molar-refractivity contribution in [2.75, 3.05) is 26.2 Å². The second-order valence-electron chi connectivity index (χ2n) is 7.17. The molecule has 0 atom stereocenters. The number of alkyl halides is 3. The molecule has 3 aromatic heterocycles. The van der Waals surface area contributed by atoms with Crippen molar-refractivity contribution < 1.29 is 18.0 Å². The maximum Gasteiger partial charge on any atom is 0.433 e. The third-order valence-electron chi connectivity index (χ3n) is 4.89. The molecule has 4 heterocycles. The molecule has 1 amide bonds. The van der Waals surface area contributed by atoms with E-state index in [1.807, 2.05) is 13.2 Å². The normalized spacial score (nSPS) is 16.0. The molecule has 0 spiro atoms. The van der Waals surface area contributed by atoms with Crippen LogP contribution in [-0.2, 0) is 19.8 Å². The number of hydrogen-bond donors (Lipinski definition) is 0. The zero-order valence-corrected chi connectivity index (χ0v) is 16.0. The molecule has 0 radical (unpaired) electrons. The summed E-state index contributed by atoms with van der Waals surface area (Å²) in [5.74, 6) is -0.387. The van der Waals surface area contributed by atoms with Gasteiger partial charge in [-0.15, -0.1) is 0 Å². The van der Waals surface area contributed by atoms with Crippen molar-refractivity contribution in [3.63, 3.8) is 0 Å². The molecule has 0 N–H and O–H groups in total. The van der Waals surface area contributed by atoms with Gasteiger partial charge in [-0.2, -0.15) is 23.4 Å². The Hall–Kier alpha value is -2.95. The zero-order valence-electron chi connectivity index (χ0n) is 16.0. The second kappa shape index (κ2) is 7.14. The van der Waals surface area contributed by atoms with E-state index in [4.69, 9.17) is 0 Å². The molecular formula is C18H20F3N7O. The molecule has 1 saturated heterocycles. The van der Waals surface area contributed by atoms with Crippen LogP contribution < -0.4 is 0 Å². The number of fused-ring (bicyclic) bond motifs is 1. The van der Waals surface area contributed by atoms with Crippen LogP contribution in [0.2, 0.25) is 0 Å². The van der Waals surface area contributed by atoms with Gasteiger partial charge in [-0.1, -0.05) is 0 Å². The number of aryl methyl sites for hydroxylation is 2. The first-order chi connectivity index (χ1) is 13.7. The van der Waals surface area contributed by atoms with E-state index in [0.29, 0.717) is 30.7 Å². The van der Waals surface area contributed by atoms with Crippen molar-refractivity contribution in [1.82, 2.24) is 34.2 Å². The highest BCUT2D eigenvalue weighted by atomic mass is 19.4. The van der Waals surface area contributed by atoms with E-state index in [-0.39, 0.29) is 22.9 Å². The van der Waals surface area contributed by atoms with E-state index in [9.17, 15) is 18.0 Å². The Bertz CT molecular complexity index is 1050. The lowest BCUT2D eigenvalue weighted by Gasteiger charge is -2.34. The SMILES string of the molecule is Cc1cc(C(F)(F)F)n2nc(C(=O)N3CCN(Cc4cnn(C)c4)CC3)cc2n1. The zero-order chi connectivity index (χ0) is 20.8. The minimum atomic E-state index is -4.59. The molecule has 154 valence electrons. The Morgan fingerprint density at radius 1 is 1.17 bits per heavy atom. The largest absolute Gasteiger partial charge is 0.433 e. The Kier molecular flexibility index (Phi) is 4.77. The van der Waals surface area contributed by atoms with Gasteiger partial charge in [0, 0.05) is 63.3 Å². The molecule has 0 saturated carbocycles. The lowest BCUT2D eigenvalue weighted by Crippen LogP contribution is -2.48. The number of aromatic nitrogens is 5. The van der Waals surface area contributed by atoms with Gasteiger partial charge in [0.15, 0.2) is 11.3 Å². The van der Waals surface area contributed by atoms with Gasteiger partial charge in [0.05, 0.1) is 6.20 Å². The molecule has 29 heavy (non-hydrogen) atoms. The molecule has 1 aliphatic rings. The summed E-state index contributed by atoms with van der Waals surface area (Å²) in [5.41, 5.74) is 0.340. The summed E-state index contributed by atoms with van der Waals surface area (Å²) in [5, 5.41) is 8.05. The summed E-state index contributed by atoms with van der Waals surface area (Å²) in [4.78, 5) is 20.7. The first kappa shape index (κ1) is 19.4. The fraction of sp³-hybridized carbons (Fsp3) is 0.444. The van der Waals surface area contributed by atoms with Crippen LogP contribution in [0.4, 0.5) is 13.2 Å². The van der Waals surface area contributed by atoms with Gasteiger partial charge in [0.25, 0.3) is 5.91 Å². The molecule has 11 heteroatoms. The summed E-state index contributed by atoms with van der Waals surface area (Å²) in [6.07, 6.45) is -0.834. The average Bonchev–Trinajstić information content (AvgIpc) is 3.26. The number of rotatable bonds is 3. The number of piperazine rings is 1. The Morgan fingerprint density at radius 2 is 1.90 bits per heavy atom. The van der Waals surface area contributed by atoms with Crippen molar-refractivity contribution in [3.8, 4) is 0 Å². The van der Waals surface area contributed by atoms with Crippen LogP contribution in [0.3, 0.4) is 0 Å². The topological polar surface area (TPSA) is 71.6 Å². The quantitative estimate of drug-likeness (QED) is 0.662. The number of halogens is 3. The fourth-order valence-corrected chi connectivity index (χ4v) is 3.49. The summed E-state index contributed by atoms with van der Waals surface area (Å²) in [7, 11) is 1.86. The fourth-order valence-electron chi connectivity index (χ4n) is 3.49. The summed E-state index contributed by atoms with van der Waals surface area (Å²) < 4.78 is 42.3. The van der Waals surface area contributed by atoms with Crippen LogP contribution in [0.25, 0.3) is 5.65 Å². The van der Waals surface area contributed by atoms with E-state index < -0.39 is 11.9 Å². The van der Waals surface area contributed by atoms with Crippen LogP contribution in [-0.4, -0.2) is 66.3 Å². The number of amides is 1. The van der Waals surface area contributed by atoms with Crippen molar-refractivity contribution in [1.29, 1.82) is 0 Å². The second-order valence-corrected chi connectivity index (χ2v) is 7.17. The van der Waals surface area contributed by atoms with Gasteiger partial charge in [-0.05, 0) is 13.0 Å². The molecular weight excluding hydrogens is 387 g/mol. The summed E-state index contributed by atoms with van der Waals surface area (Å²) in [6, 6.07) is 2.23. The molecule has 1 fully saturated rings. The van der Waals surface area contributed by atoms with E-state index >= 15 is 0 Å². The van der Waals surface area contributed by atoms with E-state index in [1.165, 1.54) is 13.0 Å². The van der Waals surface area contributed by atoms with Crippen molar-refractivity contribution in [2.45, 2.75) is 19.6 Å². The van der Waals surface area contributed by atoms with Gasteiger partial charge in [-0.3, -0.25) is 14.4 Å². The molecule has 0 aliphatic carbocycles. The molecule has 4 rings (SSSR count). The van der Waals surface area contributed by atoms with Crippen LogP contribution in [0.15, 0.2) is 24.5 Å². The van der Waals surface area contributed by atoms with Gasteiger partial charge >= 0.3 is 6.18 Å². The van der Waals surface area contributed by atoms with Crippen LogP contribution >= 0.6 is 0 Å². The van der Waals surface area contributed by atoms with Gasteiger partial charge in [-0.25, -0.2) is 9.50 Å². The molecule has 8 nitrogen and oxygen atoms in total. The first-order valence-electron chi connectivity index (χ1n) is 9.14. The van der Waals surface area contributed by atoms with E-state index in [2.05, 4.69) is 20.1 Å². The highest BCUT2D eigenvalue weighted by Gasteiger charge is 2.35. The standard InChI is InChI=1S/C18H20F3N7O/c1-12-7-15(18(19,20)21)28-16(23-12)8-14(24-28)17(29)27-5-3-26(4-6-27)11-13-9-22-25(2)10-13/h7-10H,3-6,11H2,1-2H3. The molecule has 0 unspecified atom stereocenters. The van der Waals surface area contributed by atoms with Crippen molar-refractivity contribution >= 4 is 11.6 Å². The van der Waals surface area contributed by atoms with Crippen molar-refractivity contribution in [2.24, 2.45) is 7.05 Å². The molecule has 0 aromatic carbocycles. The minimum absolute atomic E-state index is 0.0101. The molecule has 3 aromatic rings. The Labute approximate surface area is 164 Å². The van der Waals surface area contributed by atoms with Crippen molar-refractivity contribution in [3.05, 3.63) is 47.2 Å². The number of carbonyl (C=O) groups is 1. The summed E-state index contributed by atoms with van der Waals surface area (Å²) in [6.45, 7) is 4.50. The van der Waals surface area contributed by atoms with Crippen LogP contribution in [0.1, 0.15) is 27.4 Å². The maximum absolute atomic E-state index is 13.3. The van der Waals surface area contributed by atoms with Crippen LogP contribution in [0.5, 0.6) is 0 Å². The molecule has 0 bridgehead atoms. The summed E-state index contributed by atoms with van der Waals surface area (Å²) >= 11 is 0. The lowest BCUT2D eigenvalue weighted by atomic mass is 10.2. The number of carbonyl (C=O) groups excluding carboxylic acids is 1. The number of nitrogens with zero attached hydrogens (tertiary/aromatic N) is 7.